The van der Waals surface area contributed by atoms with Crippen LogP contribution in [0.2, 0.25) is 0 Å². The topological polar surface area (TPSA) is 71.1 Å². The van der Waals surface area contributed by atoms with Crippen LogP contribution >= 0.6 is 11.3 Å². The highest BCUT2D eigenvalue weighted by Gasteiger charge is 2.16. The van der Waals surface area contributed by atoms with Crippen LogP contribution in [0.15, 0.2) is 35.7 Å². The number of nitrogens with zero attached hydrogens (tertiary/aromatic N) is 1. The SMILES string of the molecule is CC(=O)Nc1ccc(-c2csc(NC(=O)CC3C=CCC3)n2)c(F)c1. The second-order valence-corrected chi connectivity index (χ2v) is 6.79. The van der Waals surface area contributed by atoms with E-state index in [0.717, 1.165) is 12.8 Å². The highest BCUT2D eigenvalue weighted by atomic mass is 32.1. The van der Waals surface area contributed by atoms with Crippen LogP contribution in [-0.2, 0) is 9.59 Å². The molecule has 0 aliphatic heterocycles. The minimum absolute atomic E-state index is 0.0843. The minimum Gasteiger partial charge on any atom is -0.326 e. The molecule has 0 radical (unpaired) electrons. The molecule has 3 rings (SSSR count). The normalized spacial score (nSPS) is 16.0. The van der Waals surface area contributed by atoms with E-state index in [-0.39, 0.29) is 17.7 Å². The number of nitrogens with one attached hydrogen (secondary N) is 2. The number of thiazole rings is 1. The zero-order valence-corrected chi connectivity index (χ0v) is 14.5. The van der Waals surface area contributed by atoms with Crippen molar-refractivity contribution in [1.82, 2.24) is 4.98 Å². The average Bonchev–Trinajstić information content (AvgIpc) is 3.19. The van der Waals surface area contributed by atoms with E-state index in [1.807, 2.05) is 0 Å². The predicted molar refractivity (Wildman–Crippen MR) is 96.9 cm³/mol. The molecule has 5 nitrogen and oxygen atoms in total. The van der Waals surface area contributed by atoms with Gasteiger partial charge in [0.05, 0.1) is 5.69 Å². The van der Waals surface area contributed by atoms with Crippen molar-refractivity contribution in [2.24, 2.45) is 5.92 Å². The van der Waals surface area contributed by atoms with Gasteiger partial charge in [-0.3, -0.25) is 9.59 Å². The lowest BCUT2D eigenvalue weighted by atomic mass is 10.1. The van der Waals surface area contributed by atoms with Gasteiger partial charge in [0.1, 0.15) is 5.82 Å². The van der Waals surface area contributed by atoms with Crippen LogP contribution < -0.4 is 10.6 Å². The molecule has 0 saturated heterocycles. The summed E-state index contributed by atoms with van der Waals surface area (Å²) in [6, 6.07) is 4.43. The summed E-state index contributed by atoms with van der Waals surface area (Å²) >= 11 is 1.26. The third-order valence-electron chi connectivity index (χ3n) is 3.88. The molecule has 7 heteroatoms. The first-order valence-electron chi connectivity index (χ1n) is 8.01. The Morgan fingerprint density at radius 2 is 2.20 bits per heavy atom. The van der Waals surface area contributed by atoms with E-state index in [1.165, 1.54) is 24.3 Å². The lowest BCUT2D eigenvalue weighted by Gasteiger charge is -2.06. The number of halogens is 1. The highest BCUT2D eigenvalue weighted by molar-refractivity contribution is 7.14. The number of amides is 2. The summed E-state index contributed by atoms with van der Waals surface area (Å²) in [5.74, 6) is -0.537. The number of hydrogen-bond donors (Lipinski definition) is 2. The zero-order valence-electron chi connectivity index (χ0n) is 13.7. The number of carbonyl (C=O) groups is 2. The van der Waals surface area contributed by atoms with Crippen LogP contribution in [0, 0.1) is 11.7 Å². The second-order valence-electron chi connectivity index (χ2n) is 5.93. The summed E-state index contributed by atoms with van der Waals surface area (Å²) in [6.45, 7) is 1.36. The van der Waals surface area contributed by atoms with Crippen molar-refractivity contribution in [3.8, 4) is 11.3 Å². The lowest BCUT2D eigenvalue weighted by Crippen LogP contribution is -2.14. The largest absolute Gasteiger partial charge is 0.326 e. The first-order valence-corrected chi connectivity index (χ1v) is 8.89. The molecule has 1 aliphatic carbocycles. The molecule has 0 saturated carbocycles. The monoisotopic (exact) mass is 359 g/mol. The number of allylic oxidation sites excluding steroid dienone is 2. The van der Waals surface area contributed by atoms with Gasteiger partial charge in [0.25, 0.3) is 0 Å². The van der Waals surface area contributed by atoms with Gasteiger partial charge < -0.3 is 10.6 Å². The van der Waals surface area contributed by atoms with Crippen molar-refractivity contribution >= 4 is 34.0 Å². The molecule has 2 aromatic rings. The summed E-state index contributed by atoms with van der Waals surface area (Å²) in [5, 5.41) is 7.45. The number of aromatic nitrogens is 1. The zero-order chi connectivity index (χ0) is 17.8. The van der Waals surface area contributed by atoms with E-state index in [2.05, 4.69) is 27.8 Å². The fourth-order valence-electron chi connectivity index (χ4n) is 2.73. The van der Waals surface area contributed by atoms with Gasteiger partial charge in [-0.15, -0.1) is 11.3 Å². The smallest absolute Gasteiger partial charge is 0.226 e. The van der Waals surface area contributed by atoms with Gasteiger partial charge in [-0.2, -0.15) is 0 Å². The average molecular weight is 359 g/mol. The molecule has 0 spiro atoms. The summed E-state index contributed by atoms with van der Waals surface area (Å²) < 4.78 is 14.2. The van der Waals surface area contributed by atoms with E-state index < -0.39 is 5.82 Å². The van der Waals surface area contributed by atoms with E-state index >= 15 is 0 Å². The molecular formula is C18H18FN3O2S. The molecule has 25 heavy (non-hydrogen) atoms. The van der Waals surface area contributed by atoms with Crippen molar-refractivity contribution in [1.29, 1.82) is 0 Å². The molecule has 1 aromatic heterocycles. The van der Waals surface area contributed by atoms with E-state index in [9.17, 15) is 14.0 Å². The van der Waals surface area contributed by atoms with Gasteiger partial charge >= 0.3 is 0 Å². The van der Waals surface area contributed by atoms with E-state index in [0.29, 0.717) is 28.5 Å². The van der Waals surface area contributed by atoms with Crippen molar-refractivity contribution in [3.63, 3.8) is 0 Å². The van der Waals surface area contributed by atoms with Gasteiger partial charge in [-0.1, -0.05) is 12.2 Å². The third-order valence-corrected chi connectivity index (χ3v) is 4.63. The summed E-state index contributed by atoms with van der Waals surface area (Å²) in [6.07, 6.45) is 6.62. The Hall–Kier alpha value is -2.54. The quantitative estimate of drug-likeness (QED) is 0.786. The summed E-state index contributed by atoms with van der Waals surface area (Å²) in [7, 11) is 0. The fraction of sp³-hybridized carbons (Fsp3) is 0.278. The Morgan fingerprint density at radius 1 is 1.36 bits per heavy atom. The summed E-state index contributed by atoms with van der Waals surface area (Å²) in [4.78, 5) is 27.3. The van der Waals surface area contributed by atoms with Crippen molar-refractivity contribution < 1.29 is 14.0 Å². The Kier molecular flexibility index (Phi) is 5.23. The molecule has 130 valence electrons. The molecule has 1 aromatic carbocycles. The number of hydrogen-bond acceptors (Lipinski definition) is 4. The third kappa shape index (κ3) is 4.51. The van der Waals surface area contributed by atoms with Crippen LogP contribution in [0.3, 0.4) is 0 Å². The maximum atomic E-state index is 14.2. The van der Waals surface area contributed by atoms with E-state index in [4.69, 9.17) is 0 Å². The Morgan fingerprint density at radius 3 is 2.88 bits per heavy atom. The maximum absolute atomic E-state index is 14.2. The first-order chi connectivity index (χ1) is 12.0. The number of anilines is 2. The van der Waals surface area contributed by atoms with Crippen LogP contribution in [0.5, 0.6) is 0 Å². The van der Waals surface area contributed by atoms with Crippen LogP contribution in [-0.4, -0.2) is 16.8 Å². The van der Waals surface area contributed by atoms with Gasteiger partial charge in [-0.05, 0) is 37.0 Å². The molecule has 1 aliphatic rings. The van der Waals surface area contributed by atoms with Gasteiger partial charge in [0.15, 0.2) is 5.13 Å². The molecule has 1 atom stereocenters. The predicted octanol–water partition coefficient (Wildman–Crippen LogP) is 4.20. The van der Waals surface area contributed by atoms with Gasteiger partial charge in [0, 0.05) is 30.0 Å². The number of carbonyl (C=O) groups excluding carboxylic acids is 2. The van der Waals surface area contributed by atoms with Crippen molar-refractivity contribution in [3.05, 3.63) is 41.5 Å². The second kappa shape index (κ2) is 7.57. The Balaban J connectivity index is 1.67. The van der Waals surface area contributed by atoms with Crippen LogP contribution in [0.4, 0.5) is 15.2 Å². The fourth-order valence-corrected chi connectivity index (χ4v) is 3.46. The minimum atomic E-state index is -0.481. The molecule has 2 N–H and O–H groups in total. The Labute approximate surface area is 149 Å². The first kappa shape index (κ1) is 17.3. The lowest BCUT2D eigenvalue weighted by molar-refractivity contribution is -0.117. The van der Waals surface area contributed by atoms with Gasteiger partial charge in [-0.25, -0.2) is 9.37 Å². The molecule has 0 bridgehead atoms. The molecular weight excluding hydrogens is 341 g/mol. The molecule has 1 heterocycles. The maximum Gasteiger partial charge on any atom is 0.226 e. The number of rotatable bonds is 5. The van der Waals surface area contributed by atoms with Crippen molar-refractivity contribution in [2.45, 2.75) is 26.2 Å². The van der Waals surface area contributed by atoms with Crippen LogP contribution in [0.25, 0.3) is 11.3 Å². The van der Waals surface area contributed by atoms with Crippen LogP contribution in [0.1, 0.15) is 26.2 Å². The standard InChI is InChI=1S/C18H18FN3O2S/c1-11(23)20-13-6-7-14(15(19)9-13)16-10-25-18(21-16)22-17(24)8-12-4-2-3-5-12/h2,4,6-7,9-10,12H,3,5,8H2,1H3,(H,20,23)(H,21,22,24). The Bertz CT molecular complexity index is 831. The highest BCUT2D eigenvalue weighted by Crippen LogP contribution is 2.29. The molecule has 1 unspecified atom stereocenters. The van der Waals surface area contributed by atoms with Crippen molar-refractivity contribution in [2.75, 3.05) is 10.6 Å². The number of benzene rings is 1. The molecule has 2 amide bonds. The summed E-state index contributed by atoms with van der Waals surface area (Å²) in [5.41, 5.74) is 1.17. The van der Waals surface area contributed by atoms with Gasteiger partial charge in [0.2, 0.25) is 11.8 Å². The van der Waals surface area contributed by atoms with E-state index in [1.54, 1.807) is 17.5 Å². The molecule has 0 fully saturated rings.